The molecule has 25 heavy (non-hydrogen) atoms. The van der Waals surface area contributed by atoms with Gasteiger partial charge in [-0.05, 0) is 106 Å². The summed E-state index contributed by atoms with van der Waals surface area (Å²) < 4.78 is 5.84. The number of hydrogen-bond donors (Lipinski definition) is 1. The molecule has 0 aromatic carbocycles. The number of rotatable bonds is 2. The quantitative estimate of drug-likeness (QED) is 0.683. The van der Waals surface area contributed by atoms with Gasteiger partial charge in [-0.25, -0.2) is 0 Å². The standard InChI is InChI=1S/C23H38O2/c1-5-16-7-9-19-18-8-6-17-14-21(2,24)12-13-23(17,15-25-4)20(18)10-11-22(16,19)3/h5,17-20,24H,6-15H2,1-4H3/b16-5+/t17-,18-,19-,20-,21+,22+,23+/m0/s1. The van der Waals surface area contributed by atoms with Crippen LogP contribution in [-0.2, 0) is 4.74 Å². The van der Waals surface area contributed by atoms with Crippen molar-refractivity contribution in [2.45, 2.75) is 84.2 Å². The molecule has 0 aliphatic heterocycles. The molecule has 0 unspecified atom stereocenters. The minimum atomic E-state index is -0.455. The molecule has 4 rings (SSSR count). The summed E-state index contributed by atoms with van der Waals surface area (Å²) in [7, 11) is 1.89. The second-order valence-corrected chi connectivity index (χ2v) is 10.3. The number of hydrogen-bond acceptors (Lipinski definition) is 2. The molecule has 2 heteroatoms. The van der Waals surface area contributed by atoms with E-state index < -0.39 is 5.60 Å². The van der Waals surface area contributed by atoms with Gasteiger partial charge in [0, 0.05) is 7.11 Å². The van der Waals surface area contributed by atoms with Gasteiger partial charge >= 0.3 is 0 Å². The Morgan fingerprint density at radius 1 is 1.08 bits per heavy atom. The van der Waals surface area contributed by atoms with Crippen LogP contribution in [-0.4, -0.2) is 24.4 Å². The number of fused-ring (bicyclic) bond motifs is 5. The highest BCUT2D eigenvalue weighted by molar-refractivity contribution is 5.24. The number of ether oxygens (including phenoxy) is 1. The zero-order valence-corrected chi connectivity index (χ0v) is 16.8. The monoisotopic (exact) mass is 346 g/mol. The van der Waals surface area contributed by atoms with Crippen molar-refractivity contribution in [1.82, 2.24) is 0 Å². The van der Waals surface area contributed by atoms with Crippen LogP contribution >= 0.6 is 0 Å². The molecule has 7 atom stereocenters. The molecular weight excluding hydrogens is 308 g/mol. The lowest BCUT2D eigenvalue weighted by molar-refractivity contribution is -0.169. The summed E-state index contributed by atoms with van der Waals surface area (Å²) in [4.78, 5) is 0. The average molecular weight is 347 g/mol. The van der Waals surface area contributed by atoms with E-state index in [1.807, 2.05) is 7.11 Å². The Labute approximate surface area is 154 Å². The fourth-order valence-corrected chi connectivity index (χ4v) is 8.11. The van der Waals surface area contributed by atoms with Crippen LogP contribution in [0.4, 0.5) is 0 Å². The van der Waals surface area contributed by atoms with Gasteiger partial charge in [0.15, 0.2) is 0 Å². The van der Waals surface area contributed by atoms with Gasteiger partial charge in [0.2, 0.25) is 0 Å². The summed E-state index contributed by atoms with van der Waals surface area (Å²) in [5.41, 5.74) is 2.09. The van der Waals surface area contributed by atoms with E-state index in [1.54, 1.807) is 5.57 Å². The van der Waals surface area contributed by atoms with E-state index in [9.17, 15) is 5.11 Å². The Balaban J connectivity index is 1.66. The van der Waals surface area contributed by atoms with Crippen molar-refractivity contribution in [3.05, 3.63) is 11.6 Å². The van der Waals surface area contributed by atoms with Crippen LogP contribution in [0.25, 0.3) is 0 Å². The molecule has 4 aliphatic carbocycles. The normalized spacial score (nSPS) is 54.0. The highest BCUT2D eigenvalue weighted by Gasteiger charge is 2.61. The Kier molecular flexibility index (Phi) is 4.40. The Bertz CT molecular complexity index is 550. The molecule has 0 heterocycles. The summed E-state index contributed by atoms with van der Waals surface area (Å²) in [6.07, 6.45) is 13.7. The second-order valence-electron chi connectivity index (χ2n) is 10.3. The first-order valence-electron chi connectivity index (χ1n) is 10.7. The molecular formula is C23H38O2. The zero-order chi connectivity index (χ0) is 17.9. The molecule has 0 spiro atoms. The first kappa shape index (κ1) is 18.0. The van der Waals surface area contributed by atoms with Crippen molar-refractivity contribution in [3.8, 4) is 0 Å². The van der Waals surface area contributed by atoms with Crippen molar-refractivity contribution in [1.29, 1.82) is 0 Å². The van der Waals surface area contributed by atoms with Crippen LogP contribution in [0.1, 0.15) is 78.6 Å². The first-order valence-corrected chi connectivity index (χ1v) is 10.7. The molecule has 0 bridgehead atoms. The van der Waals surface area contributed by atoms with Gasteiger partial charge in [0.1, 0.15) is 0 Å². The van der Waals surface area contributed by atoms with Gasteiger partial charge in [-0.1, -0.05) is 18.6 Å². The molecule has 0 aromatic rings. The lowest BCUT2D eigenvalue weighted by atomic mass is 9.44. The molecule has 142 valence electrons. The third kappa shape index (κ3) is 2.57. The average Bonchev–Trinajstić information content (AvgIpc) is 2.91. The molecule has 2 nitrogen and oxygen atoms in total. The number of methoxy groups -OCH3 is 1. The second kappa shape index (κ2) is 6.09. The summed E-state index contributed by atoms with van der Waals surface area (Å²) in [6.45, 7) is 7.79. The Morgan fingerprint density at radius 2 is 1.88 bits per heavy atom. The van der Waals surface area contributed by atoms with Gasteiger partial charge in [-0.15, -0.1) is 0 Å². The van der Waals surface area contributed by atoms with Gasteiger partial charge in [-0.2, -0.15) is 0 Å². The molecule has 0 saturated heterocycles. The predicted octanol–water partition coefficient (Wildman–Crippen LogP) is 5.35. The van der Waals surface area contributed by atoms with E-state index in [0.29, 0.717) is 16.7 Å². The van der Waals surface area contributed by atoms with Gasteiger partial charge in [0.05, 0.1) is 12.2 Å². The number of aliphatic hydroxyl groups is 1. The maximum Gasteiger partial charge on any atom is 0.0622 e. The maximum absolute atomic E-state index is 10.7. The fourth-order valence-electron chi connectivity index (χ4n) is 8.11. The zero-order valence-electron chi connectivity index (χ0n) is 16.8. The summed E-state index contributed by atoms with van der Waals surface area (Å²) >= 11 is 0. The van der Waals surface area contributed by atoms with Crippen LogP contribution in [0.3, 0.4) is 0 Å². The van der Waals surface area contributed by atoms with Crippen molar-refractivity contribution in [3.63, 3.8) is 0 Å². The first-order chi connectivity index (χ1) is 11.9. The minimum absolute atomic E-state index is 0.333. The lowest BCUT2D eigenvalue weighted by Crippen LogP contribution is -2.58. The molecule has 0 amide bonds. The number of allylic oxidation sites excluding steroid dienone is 2. The van der Waals surface area contributed by atoms with Gasteiger partial charge in [-0.3, -0.25) is 0 Å². The molecule has 0 aromatic heterocycles. The topological polar surface area (TPSA) is 29.5 Å². The fraction of sp³-hybridized carbons (Fsp3) is 0.913. The van der Waals surface area contributed by atoms with E-state index in [-0.39, 0.29) is 0 Å². The van der Waals surface area contributed by atoms with Crippen LogP contribution in [0, 0.1) is 34.5 Å². The van der Waals surface area contributed by atoms with Crippen LogP contribution in [0.5, 0.6) is 0 Å². The maximum atomic E-state index is 10.7. The largest absolute Gasteiger partial charge is 0.390 e. The molecule has 0 radical (unpaired) electrons. The van der Waals surface area contributed by atoms with Gasteiger partial charge in [0.25, 0.3) is 0 Å². The summed E-state index contributed by atoms with van der Waals surface area (Å²) in [5.74, 6) is 3.24. The Morgan fingerprint density at radius 3 is 2.60 bits per heavy atom. The molecule has 4 fully saturated rings. The molecule has 4 saturated carbocycles. The van der Waals surface area contributed by atoms with Crippen LogP contribution in [0.2, 0.25) is 0 Å². The third-order valence-corrected chi connectivity index (χ3v) is 9.26. The highest BCUT2D eigenvalue weighted by atomic mass is 16.5. The van der Waals surface area contributed by atoms with Crippen LogP contribution in [0.15, 0.2) is 11.6 Å². The molecule has 4 aliphatic rings. The van der Waals surface area contributed by atoms with Crippen molar-refractivity contribution in [2.24, 2.45) is 34.5 Å². The summed E-state index contributed by atoms with van der Waals surface area (Å²) in [5, 5.41) is 10.7. The van der Waals surface area contributed by atoms with E-state index >= 15 is 0 Å². The van der Waals surface area contributed by atoms with E-state index in [4.69, 9.17) is 4.74 Å². The van der Waals surface area contributed by atoms with Crippen molar-refractivity contribution in [2.75, 3.05) is 13.7 Å². The smallest absolute Gasteiger partial charge is 0.0622 e. The highest BCUT2D eigenvalue weighted by Crippen LogP contribution is 2.68. The SMILES string of the molecule is C/C=C1\CC[C@H]2[C@@H]3CC[C@H]4C[C@](C)(O)CC[C@]4(COC)[C@H]3CC[C@]12C. The van der Waals surface area contributed by atoms with E-state index in [0.717, 1.165) is 37.2 Å². The van der Waals surface area contributed by atoms with E-state index in [1.165, 1.54) is 44.9 Å². The van der Waals surface area contributed by atoms with Crippen LogP contribution < -0.4 is 0 Å². The van der Waals surface area contributed by atoms with E-state index in [2.05, 4.69) is 26.8 Å². The minimum Gasteiger partial charge on any atom is -0.390 e. The summed E-state index contributed by atoms with van der Waals surface area (Å²) in [6, 6.07) is 0. The lowest BCUT2D eigenvalue weighted by Gasteiger charge is -2.62. The van der Waals surface area contributed by atoms with Crippen molar-refractivity contribution < 1.29 is 9.84 Å². The molecule has 1 N–H and O–H groups in total. The third-order valence-electron chi connectivity index (χ3n) is 9.26. The van der Waals surface area contributed by atoms with Gasteiger partial charge < -0.3 is 9.84 Å². The predicted molar refractivity (Wildman–Crippen MR) is 102 cm³/mol. The van der Waals surface area contributed by atoms with Crippen molar-refractivity contribution >= 4 is 0 Å². The Hall–Kier alpha value is -0.340.